The standard InChI is InChI=1S/C13H21NOS/c1-9-6-4-5-7-12(9)13(8-14)16-11(3)10(2)15/h4-7,10-11,13,15H,8,14H2,1-3H3. The molecule has 0 bridgehead atoms. The summed E-state index contributed by atoms with van der Waals surface area (Å²) in [5.41, 5.74) is 8.37. The molecule has 0 saturated heterocycles. The molecule has 90 valence electrons. The van der Waals surface area contributed by atoms with E-state index in [1.807, 2.05) is 26.0 Å². The van der Waals surface area contributed by atoms with Gasteiger partial charge in [0.2, 0.25) is 0 Å². The third-order valence-corrected chi connectivity index (χ3v) is 4.41. The highest BCUT2D eigenvalue weighted by atomic mass is 32.2. The van der Waals surface area contributed by atoms with Gasteiger partial charge in [0.25, 0.3) is 0 Å². The van der Waals surface area contributed by atoms with Crippen LogP contribution in [-0.2, 0) is 0 Å². The molecule has 1 rings (SSSR count). The molecular weight excluding hydrogens is 218 g/mol. The molecule has 0 heterocycles. The van der Waals surface area contributed by atoms with Crippen LogP contribution in [0.25, 0.3) is 0 Å². The van der Waals surface area contributed by atoms with Gasteiger partial charge in [-0.05, 0) is 25.0 Å². The Morgan fingerprint density at radius 2 is 1.94 bits per heavy atom. The second-order valence-corrected chi connectivity index (χ2v) is 5.75. The van der Waals surface area contributed by atoms with Crippen molar-refractivity contribution in [2.75, 3.05) is 6.54 Å². The Labute approximate surface area is 102 Å². The largest absolute Gasteiger partial charge is 0.392 e. The number of nitrogens with two attached hydrogens (primary N) is 1. The number of benzene rings is 1. The Bertz CT molecular complexity index is 327. The predicted molar refractivity (Wildman–Crippen MR) is 71.7 cm³/mol. The van der Waals surface area contributed by atoms with Crippen molar-refractivity contribution in [2.24, 2.45) is 5.73 Å². The summed E-state index contributed by atoms with van der Waals surface area (Å²) in [6.07, 6.45) is -0.303. The highest BCUT2D eigenvalue weighted by molar-refractivity contribution is 8.00. The van der Waals surface area contributed by atoms with Crippen molar-refractivity contribution in [3.05, 3.63) is 35.4 Å². The van der Waals surface area contributed by atoms with E-state index in [-0.39, 0.29) is 16.6 Å². The fourth-order valence-electron chi connectivity index (χ4n) is 1.58. The van der Waals surface area contributed by atoms with Crippen LogP contribution in [0.15, 0.2) is 24.3 Å². The van der Waals surface area contributed by atoms with E-state index in [1.54, 1.807) is 11.8 Å². The number of thioether (sulfide) groups is 1. The fraction of sp³-hybridized carbons (Fsp3) is 0.538. The number of aliphatic hydroxyl groups excluding tert-OH is 1. The van der Waals surface area contributed by atoms with E-state index in [0.717, 1.165) is 0 Å². The van der Waals surface area contributed by atoms with E-state index in [9.17, 15) is 5.11 Å². The predicted octanol–water partition coefficient (Wildman–Crippen LogP) is 2.50. The number of hydrogen-bond acceptors (Lipinski definition) is 3. The van der Waals surface area contributed by atoms with Gasteiger partial charge < -0.3 is 10.8 Å². The molecule has 0 saturated carbocycles. The van der Waals surface area contributed by atoms with Crippen LogP contribution < -0.4 is 5.73 Å². The van der Waals surface area contributed by atoms with Crippen LogP contribution in [0.4, 0.5) is 0 Å². The van der Waals surface area contributed by atoms with E-state index in [1.165, 1.54) is 11.1 Å². The van der Waals surface area contributed by atoms with Gasteiger partial charge >= 0.3 is 0 Å². The van der Waals surface area contributed by atoms with Crippen LogP contribution in [-0.4, -0.2) is 23.0 Å². The van der Waals surface area contributed by atoms with Gasteiger partial charge in [-0.3, -0.25) is 0 Å². The molecule has 1 aromatic carbocycles. The lowest BCUT2D eigenvalue weighted by atomic mass is 10.1. The van der Waals surface area contributed by atoms with Crippen molar-refractivity contribution in [2.45, 2.75) is 37.4 Å². The van der Waals surface area contributed by atoms with Crippen LogP contribution in [0.5, 0.6) is 0 Å². The van der Waals surface area contributed by atoms with Gasteiger partial charge in [0.05, 0.1) is 6.10 Å². The molecule has 2 nitrogen and oxygen atoms in total. The van der Waals surface area contributed by atoms with E-state index < -0.39 is 0 Å². The molecule has 3 heteroatoms. The second-order valence-electron chi connectivity index (χ2n) is 4.16. The summed E-state index contributed by atoms with van der Waals surface area (Å²) in [5.74, 6) is 0. The molecule has 3 N–H and O–H groups in total. The molecule has 3 atom stereocenters. The Morgan fingerprint density at radius 1 is 1.31 bits per heavy atom. The molecule has 0 aliphatic heterocycles. The number of hydrogen-bond donors (Lipinski definition) is 2. The Hall–Kier alpha value is -0.510. The third kappa shape index (κ3) is 3.51. The quantitative estimate of drug-likeness (QED) is 0.830. The van der Waals surface area contributed by atoms with Crippen LogP contribution in [0, 0.1) is 6.92 Å². The first kappa shape index (κ1) is 13.6. The van der Waals surface area contributed by atoms with Gasteiger partial charge in [-0.25, -0.2) is 0 Å². The first-order valence-electron chi connectivity index (χ1n) is 5.65. The zero-order chi connectivity index (χ0) is 12.1. The summed E-state index contributed by atoms with van der Waals surface area (Å²) in [5, 5.41) is 9.99. The first-order valence-corrected chi connectivity index (χ1v) is 6.59. The maximum atomic E-state index is 9.52. The molecule has 3 unspecified atom stereocenters. The van der Waals surface area contributed by atoms with Crippen molar-refractivity contribution in [3.8, 4) is 0 Å². The van der Waals surface area contributed by atoms with Gasteiger partial charge in [0.15, 0.2) is 0 Å². The molecule has 1 aromatic rings. The van der Waals surface area contributed by atoms with Crippen molar-refractivity contribution in [1.82, 2.24) is 0 Å². The lowest BCUT2D eigenvalue weighted by Gasteiger charge is -2.22. The van der Waals surface area contributed by atoms with Crippen LogP contribution in [0.3, 0.4) is 0 Å². The average molecular weight is 239 g/mol. The van der Waals surface area contributed by atoms with Crippen LogP contribution in [0.2, 0.25) is 0 Å². The fourth-order valence-corrected chi connectivity index (χ4v) is 2.84. The third-order valence-electron chi connectivity index (χ3n) is 2.81. The molecule has 0 spiro atoms. The van der Waals surface area contributed by atoms with E-state index in [4.69, 9.17) is 5.73 Å². The lowest BCUT2D eigenvalue weighted by molar-refractivity contribution is 0.196. The minimum absolute atomic E-state index is 0.202. The van der Waals surface area contributed by atoms with E-state index in [0.29, 0.717) is 6.54 Å². The van der Waals surface area contributed by atoms with Gasteiger partial charge in [0.1, 0.15) is 0 Å². The van der Waals surface area contributed by atoms with Crippen molar-refractivity contribution >= 4 is 11.8 Å². The molecule has 16 heavy (non-hydrogen) atoms. The molecular formula is C13H21NOS. The van der Waals surface area contributed by atoms with Crippen molar-refractivity contribution < 1.29 is 5.11 Å². The van der Waals surface area contributed by atoms with Gasteiger partial charge in [-0.15, -0.1) is 11.8 Å². The van der Waals surface area contributed by atoms with E-state index >= 15 is 0 Å². The molecule has 0 amide bonds. The highest BCUT2D eigenvalue weighted by Crippen LogP contribution is 2.34. The topological polar surface area (TPSA) is 46.2 Å². The Morgan fingerprint density at radius 3 is 2.44 bits per heavy atom. The second kappa shape index (κ2) is 6.28. The summed E-state index contributed by atoms with van der Waals surface area (Å²) in [6.45, 7) is 6.57. The van der Waals surface area contributed by atoms with E-state index in [2.05, 4.69) is 19.1 Å². The van der Waals surface area contributed by atoms with Crippen LogP contribution in [0.1, 0.15) is 30.2 Å². The molecule has 0 radical (unpaired) electrons. The maximum Gasteiger partial charge on any atom is 0.0628 e. The molecule has 0 aliphatic rings. The summed E-state index contributed by atoms with van der Waals surface area (Å²) in [6, 6.07) is 8.30. The summed E-state index contributed by atoms with van der Waals surface area (Å²) >= 11 is 1.75. The van der Waals surface area contributed by atoms with Gasteiger partial charge in [-0.2, -0.15) is 0 Å². The summed E-state index contributed by atoms with van der Waals surface area (Å²) in [4.78, 5) is 0. The summed E-state index contributed by atoms with van der Waals surface area (Å²) in [7, 11) is 0. The maximum absolute atomic E-state index is 9.52. The number of aliphatic hydroxyl groups is 1. The Kier molecular flexibility index (Phi) is 5.32. The number of aryl methyl sites for hydroxylation is 1. The smallest absolute Gasteiger partial charge is 0.0628 e. The zero-order valence-electron chi connectivity index (χ0n) is 10.2. The molecule has 0 aromatic heterocycles. The van der Waals surface area contributed by atoms with Crippen molar-refractivity contribution in [1.29, 1.82) is 0 Å². The van der Waals surface area contributed by atoms with Crippen LogP contribution >= 0.6 is 11.8 Å². The SMILES string of the molecule is Cc1ccccc1C(CN)SC(C)C(C)O. The summed E-state index contributed by atoms with van der Waals surface area (Å²) < 4.78 is 0. The zero-order valence-corrected chi connectivity index (χ0v) is 11.0. The molecule has 0 fully saturated rings. The monoisotopic (exact) mass is 239 g/mol. The minimum atomic E-state index is -0.303. The molecule has 0 aliphatic carbocycles. The number of rotatable bonds is 5. The Balaban J connectivity index is 2.79. The van der Waals surface area contributed by atoms with Crippen molar-refractivity contribution in [3.63, 3.8) is 0 Å². The highest BCUT2D eigenvalue weighted by Gasteiger charge is 2.18. The first-order chi connectivity index (χ1) is 7.56. The average Bonchev–Trinajstić information content (AvgIpc) is 2.26. The van der Waals surface area contributed by atoms with Gasteiger partial charge in [0, 0.05) is 17.0 Å². The minimum Gasteiger partial charge on any atom is -0.392 e. The lowest BCUT2D eigenvalue weighted by Crippen LogP contribution is -2.20. The van der Waals surface area contributed by atoms with Gasteiger partial charge in [-0.1, -0.05) is 31.2 Å². The normalized spacial score (nSPS) is 16.8.